The number of rotatable bonds is 8. The standard InChI is InChI=1S/C26H25ClFNO2/c1-4-5-16-29-24(19-11-13-21(28)14-12-19)23(22(26(29)27)15-8-18(3)30)25(31)20-9-6-17(2)7-10-20/h6-15H,4-5,16H2,1-3H3/b15-8+. The maximum atomic E-state index is 13.7. The molecule has 3 aromatic rings. The Hall–Kier alpha value is -2.98. The molecule has 0 N–H and O–H groups in total. The first kappa shape index (κ1) is 22.7. The van der Waals surface area contributed by atoms with Crippen LogP contribution in [0.3, 0.4) is 0 Å². The predicted octanol–water partition coefficient (Wildman–Crippen LogP) is 6.89. The summed E-state index contributed by atoms with van der Waals surface area (Å²) in [6.45, 7) is 6.08. The average Bonchev–Trinajstić information content (AvgIpc) is 3.02. The van der Waals surface area contributed by atoms with Crippen LogP contribution >= 0.6 is 11.6 Å². The van der Waals surface area contributed by atoms with Crippen molar-refractivity contribution in [3.63, 3.8) is 0 Å². The molecule has 0 aliphatic heterocycles. The molecule has 1 heterocycles. The number of halogens is 2. The van der Waals surface area contributed by atoms with Crippen LogP contribution in [0.15, 0.2) is 54.6 Å². The second-order valence-electron chi connectivity index (χ2n) is 7.58. The van der Waals surface area contributed by atoms with Crippen LogP contribution in [-0.2, 0) is 11.3 Å². The molecule has 0 aliphatic rings. The summed E-state index contributed by atoms with van der Waals surface area (Å²) in [6, 6.07) is 13.3. The fraction of sp³-hybridized carbons (Fsp3) is 0.231. The van der Waals surface area contributed by atoms with E-state index in [1.807, 2.05) is 23.6 Å². The third kappa shape index (κ3) is 5.02. The maximum absolute atomic E-state index is 13.7. The van der Waals surface area contributed by atoms with Gasteiger partial charge in [-0.1, -0.05) is 54.8 Å². The Morgan fingerprint density at radius 1 is 1.06 bits per heavy atom. The van der Waals surface area contributed by atoms with Crippen LogP contribution in [0.5, 0.6) is 0 Å². The van der Waals surface area contributed by atoms with Gasteiger partial charge >= 0.3 is 0 Å². The van der Waals surface area contributed by atoms with E-state index in [0.717, 1.165) is 18.4 Å². The number of nitrogens with zero attached hydrogens (tertiary/aromatic N) is 1. The van der Waals surface area contributed by atoms with E-state index in [2.05, 4.69) is 6.92 Å². The number of hydrogen-bond acceptors (Lipinski definition) is 2. The summed E-state index contributed by atoms with van der Waals surface area (Å²) in [5.74, 6) is -0.696. The zero-order valence-electron chi connectivity index (χ0n) is 17.9. The van der Waals surface area contributed by atoms with Crippen molar-refractivity contribution in [3.05, 3.63) is 87.8 Å². The monoisotopic (exact) mass is 437 g/mol. The van der Waals surface area contributed by atoms with E-state index in [1.165, 1.54) is 25.1 Å². The summed E-state index contributed by atoms with van der Waals surface area (Å²) >= 11 is 6.77. The van der Waals surface area contributed by atoms with Crippen LogP contribution in [-0.4, -0.2) is 16.1 Å². The highest BCUT2D eigenvalue weighted by atomic mass is 35.5. The first-order valence-electron chi connectivity index (χ1n) is 10.3. The summed E-state index contributed by atoms with van der Waals surface area (Å²) < 4.78 is 15.5. The lowest BCUT2D eigenvalue weighted by atomic mass is 9.95. The molecule has 0 atom stereocenters. The molecule has 31 heavy (non-hydrogen) atoms. The van der Waals surface area contributed by atoms with Crippen LogP contribution in [0.25, 0.3) is 17.3 Å². The lowest BCUT2D eigenvalue weighted by Gasteiger charge is -2.12. The molecule has 1 aromatic heterocycles. The van der Waals surface area contributed by atoms with Crippen molar-refractivity contribution in [2.75, 3.05) is 0 Å². The van der Waals surface area contributed by atoms with Crippen molar-refractivity contribution in [1.82, 2.24) is 4.57 Å². The third-order valence-electron chi connectivity index (χ3n) is 5.11. The first-order valence-corrected chi connectivity index (χ1v) is 10.7. The van der Waals surface area contributed by atoms with E-state index in [1.54, 1.807) is 30.3 Å². The number of carbonyl (C=O) groups is 2. The zero-order valence-corrected chi connectivity index (χ0v) is 18.7. The fourth-order valence-electron chi connectivity index (χ4n) is 3.48. The van der Waals surface area contributed by atoms with Gasteiger partial charge in [-0.15, -0.1) is 0 Å². The number of benzene rings is 2. The van der Waals surface area contributed by atoms with Crippen LogP contribution in [0.1, 0.15) is 53.7 Å². The van der Waals surface area contributed by atoms with Crippen molar-refractivity contribution >= 4 is 29.2 Å². The minimum Gasteiger partial charge on any atom is -0.330 e. The van der Waals surface area contributed by atoms with Gasteiger partial charge in [0.25, 0.3) is 0 Å². The Morgan fingerprint density at radius 3 is 2.29 bits per heavy atom. The van der Waals surface area contributed by atoms with E-state index in [0.29, 0.717) is 39.6 Å². The number of aryl methyl sites for hydroxylation is 1. The lowest BCUT2D eigenvalue weighted by Crippen LogP contribution is -2.06. The molecule has 3 rings (SSSR count). The fourth-order valence-corrected chi connectivity index (χ4v) is 3.80. The largest absolute Gasteiger partial charge is 0.330 e. The Labute approximate surface area is 187 Å². The molecule has 0 unspecified atom stereocenters. The van der Waals surface area contributed by atoms with E-state index in [9.17, 15) is 14.0 Å². The van der Waals surface area contributed by atoms with Crippen LogP contribution in [0, 0.1) is 12.7 Å². The number of carbonyl (C=O) groups excluding carboxylic acids is 2. The maximum Gasteiger partial charge on any atom is 0.195 e. The van der Waals surface area contributed by atoms with Crippen molar-refractivity contribution in [2.24, 2.45) is 0 Å². The molecule has 2 aromatic carbocycles. The Bertz CT molecular complexity index is 1130. The molecule has 0 spiro atoms. The van der Waals surface area contributed by atoms with Gasteiger partial charge in [0.05, 0.1) is 11.3 Å². The number of aromatic nitrogens is 1. The second kappa shape index (κ2) is 9.88. The highest BCUT2D eigenvalue weighted by molar-refractivity contribution is 6.33. The summed E-state index contributed by atoms with van der Waals surface area (Å²) in [5, 5.41) is 0.390. The molecule has 0 fully saturated rings. The molecule has 3 nitrogen and oxygen atoms in total. The Kier molecular flexibility index (Phi) is 7.24. The molecule has 0 amide bonds. The first-order chi connectivity index (χ1) is 14.8. The van der Waals surface area contributed by atoms with Crippen molar-refractivity contribution in [1.29, 1.82) is 0 Å². The Balaban J connectivity index is 2.32. The van der Waals surface area contributed by atoms with Gasteiger partial charge < -0.3 is 4.57 Å². The highest BCUT2D eigenvalue weighted by Crippen LogP contribution is 2.37. The SMILES string of the molecule is CCCCn1c(Cl)c(/C=C/C(C)=O)c(C(=O)c2ccc(C)cc2)c1-c1ccc(F)cc1. The third-order valence-corrected chi connectivity index (χ3v) is 5.52. The average molecular weight is 438 g/mol. The minimum atomic E-state index is -0.357. The van der Waals surface area contributed by atoms with Gasteiger partial charge in [0, 0.05) is 17.7 Å². The molecule has 0 saturated heterocycles. The van der Waals surface area contributed by atoms with E-state index in [-0.39, 0.29) is 17.4 Å². The van der Waals surface area contributed by atoms with Gasteiger partial charge in [-0.05, 0) is 62.2 Å². The molecular formula is C26H25ClFNO2. The van der Waals surface area contributed by atoms with Gasteiger partial charge in [0.2, 0.25) is 0 Å². The van der Waals surface area contributed by atoms with Crippen LogP contribution < -0.4 is 0 Å². The highest BCUT2D eigenvalue weighted by Gasteiger charge is 2.27. The van der Waals surface area contributed by atoms with Gasteiger partial charge in [-0.2, -0.15) is 0 Å². The number of hydrogen-bond donors (Lipinski definition) is 0. The summed E-state index contributed by atoms with van der Waals surface area (Å²) in [4.78, 5) is 25.3. The van der Waals surface area contributed by atoms with Crippen molar-refractivity contribution < 1.29 is 14.0 Å². The van der Waals surface area contributed by atoms with E-state index < -0.39 is 0 Å². The lowest BCUT2D eigenvalue weighted by molar-refractivity contribution is -0.112. The zero-order chi connectivity index (χ0) is 22.5. The van der Waals surface area contributed by atoms with E-state index >= 15 is 0 Å². The molecule has 0 aliphatic carbocycles. The van der Waals surface area contributed by atoms with E-state index in [4.69, 9.17) is 11.6 Å². The topological polar surface area (TPSA) is 39.1 Å². The molecule has 0 radical (unpaired) electrons. The predicted molar refractivity (Wildman–Crippen MR) is 124 cm³/mol. The van der Waals surface area contributed by atoms with Gasteiger partial charge in [-0.3, -0.25) is 9.59 Å². The van der Waals surface area contributed by atoms with Gasteiger partial charge in [0.15, 0.2) is 11.6 Å². The quantitative estimate of drug-likeness (QED) is 0.284. The molecule has 160 valence electrons. The molecule has 0 bridgehead atoms. The number of allylic oxidation sites excluding steroid dienone is 1. The van der Waals surface area contributed by atoms with Crippen molar-refractivity contribution in [3.8, 4) is 11.3 Å². The smallest absolute Gasteiger partial charge is 0.195 e. The summed E-state index contributed by atoms with van der Waals surface area (Å²) in [5.41, 5.74) is 3.80. The van der Waals surface area contributed by atoms with Gasteiger partial charge in [-0.25, -0.2) is 4.39 Å². The second-order valence-corrected chi connectivity index (χ2v) is 7.94. The molecule has 0 saturated carbocycles. The van der Waals surface area contributed by atoms with Crippen molar-refractivity contribution in [2.45, 2.75) is 40.2 Å². The number of unbranched alkanes of at least 4 members (excludes halogenated alkanes) is 1. The summed E-state index contributed by atoms with van der Waals surface area (Å²) in [7, 11) is 0. The Morgan fingerprint density at radius 2 is 1.71 bits per heavy atom. The minimum absolute atomic E-state index is 0.144. The normalized spacial score (nSPS) is 11.3. The van der Waals surface area contributed by atoms with Gasteiger partial charge in [0.1, 0.15) is 11.0 Å². The summed E-state index contributed by atoms with van der Waals surface area (Å²) in [6.07, 6.45) is 4.81. The molecular weight excluding hydrogens is 413 g/mol. The van der Waals surface area contributed by atoms with Crippen LogP contribution in [0.4, 0.5) is 4.39 Å². The number of ketones is 2. The molecule has 5 heteroatoms. The van der Waals surface area contributed by atoms with Crippen LogP contribution in [0.2, 0.25) is 5.15 Å².